The zero-order valence-corrected chi connectivity index (χ0v) is 23.3. The number of aryl methyl sites for hydroxylation is 1. The van der Waals surface area contributed by atoms with Crippen molar-refractivity contribution in [1.82, 2.24) is 20.2 Å². The van der Waals surface area contributed by atoms with Gasteiger partial charge in [-0.05, 0) is 73.1 Å². The number of aromatic nitrogens is 2. The maximum Gasteiger partial charge on any atom is 0.416 e. The van der Waals surface area contributed by atoms with E-state index in [4.69, 9.17) is 4.74 Å². The molecule has 2 aromatic carbocycles. The predicted octanol–water partition coefficient (Wildman–Crippen LogP) is 4.59. The fourth-order valence-corrected chi connectivity index (χ4v) is 5.77. The van der Waals surface area contributed by atoms with Crippen molar-refractivity contribution in [3.63, 3.8) is 0 Å². The third kappa shape index (κ3) is 6.58. The van der Waals surface area contributed by atoms with Crippen LogP contribution >= 0.6 is 0 Å². The molecule has 1 saturated heterocycles. The number of hydrogen-bond acceptors (Lipinski definition) is 6. The molecule has 0 spiro atoms. The molecule has 3 heterocycles. The highest BCUT2D eigenvalue weighted by atomic mass is 19.4. The molecule has 1 aromatic heterocycles. The van der Waals surface area contributed by atoms with Crippen LogP contribution < -0.4 is 20.3 Å². The van der Waals surface area contributed by atoms with Crippen molar-refractivity contribution in [2.75, 3.05) is 37.0 Å². The molecule has 42 heavy (non-hydrogen) atoms. The van der Waals surface area contributed by atoms with Crippen LogP contribution in [-0.4, -0.2) is 60.1 Å². The number of alkyl halides is 3. The summed E-state index contributed by atoms with van der Waals surface area (Å²) in [4.78, 5) is 36.6. The molecule has 1 fully saturated rings. The minimum atomic E-state index is -4.51. The number of urea groups is 1. The molecule has 9 nitrogen and oxygen atoms in total. The smallest absolute Gasteiger partial charge is 0.416 e. The number of rotatable bonds is 9. The van der Waals surface area contributed by atoms with Crippen LogP contribution in [0, 0.1) is 0 Å². The first-order chi connectivity index (χ1) is 20.3. The molecule has 2 aliphatic heterocycles. The number of carbonyl (C=O) groups excluding carboxylic acids is 2. The Hall–Kier alpha value is -4.35. The van der Waals surface area contributed by atoms with Gasteiger partial charge in [-0.1, -0.05) is 12.1 Å². The van der Waals surface area contributed by atoms with Crippen LogP contribution in [0.5, 0.6) is 5.75 Å². The first kappa shape index (κ1) is 29.2. The molecule has 0 saturated carbocycles. The van der Waals surface area contributed by atoms with Gasteiger partial charge in [-0.25, -0.2) is 14.8 Å². The molecule has 2 aliphatic rings. The third-order valence-electron chi connectivity index (χ3n) is 7.96. The van der Waals surface area contributed by atoms with Gasteiger partial charge in [0, 0.05) is 49.7 Å². The molecule has 0 atom stereocenters. The number of ether oxygens (including phenoxy) is 1. The van der Waals surface area contributed by atoms with Crippen LogP contribution in [0.4, 0.5) is 29.5 Å². The van der Waals surface area contributed by atoms with Gasteiger partial charge in [-0.3, -0.25) is 4.79 Å². The van der Waals surface area contributed by atoms with E-state index in [-0.39, 0.29) is 37.0 Å². The van der Waals surface area contributed by atoms with Gasteiger partial charge in [0.1, 0.15) is 17.9 Å². The quantitative estimate of drug-likeness (QED) is 0.358. The van der Waals surface area contributed by atoms with Gasteiger partial charge < -0.3 is 25.2 Å². The summed E-state index contributed by atoms with van der Waals surface area (Å²) in [5.74, 6) is 1.47. The van der Waals surface area contributed by atoms with Gasteiger partial charge in [0.05, 0.1) is 12.7 Å². The molecule has 3 amide bonds. The summed E-state index contributed by atoms with van der Waals surface area (Å²) < 4.78 is 46.5. The Kier molecular flexibility index (Phi) is 8.79. The number of hydrogen-bond donors (Lipinski definition) is 2. The van der Waals surface area contributed by atoms with Crippen LogP contribution in [0.15, 0.2) is 48.8 Å². The SMILES string of the molecule is COc1ccc2c(c1)CCN(C1CCN(c3cc(CCc4c(CNC=O)cccc4C(F)(F)F)ncn3)CC1)C(=O)N2. The highest BCUT2D eigenvalue weighted by Gasteiger charge is 2.34. The lowest BCUT2D eigenvalue weighted by atomic mass is 9.95. The van der Waals surface area contributed by atoms with Crippen molar-refractivity contribution >= 4 is 23.9 Å². The Morgan fingerprint density at radius 1 is 1.10 bits per heavy atom. The van der Waals surface area contributed by atoms with E-state index in [1.807, 2.05) is 29.2 Å². The Balaban J connectivity index is 1.22. The maximum atomic E-state index is 13.7. The van der Waals surface area contributed by atoms with Crippen molar-refractivity contribution in [1.29, 1.82) is 0 Å². The number of amides is 3. The lowest BCUT2D eigenvalue weighted by molar-refractivity contribution is -0.138. The zero-order valence-electron chi connectivity index (χ0n) is 23.3. The van der Waals surface area contributed by atoms with Crippen molar-refractivity contribution < 1.29 is 27.5 Å². The van der Waals surface area contributed by atoms with E-state index in [9.17, 15) is 22.8 Å². The summed E-state index contributed by atoms with van der Waals surface area (Å²) in [7, 11) is 1.62. The van der Waals surface area contributed by atoms with E-state index < -0.39 is 11.7 Å². The van der Waals surface area contributed by atoms with Gasteiger partial charge in [-0.15, -0.1) is 0 Å². The molecule has 0 radical (unpaired) electrons. The summed E-state index contributed by atoms with van der Waals surface area (Å²) >= 11 is 0. The van der Waals surface area contributed by atoms with Gasteiger partial charge >= 0.3 is 12.2 Å². The molecular formula is C30H33F3N6O3. The van der Waals surface area contributed by atoms with E-state index in [0.717, 1.165) is 42.3 Å². The Morgan fingerprint density at radius 3 is 2.64 bits per heavy atom. The number of carbonyl (C=O) groups is 2. The predicted molar refractivity (Wildman–Crippen MR) is 151 cm³/mol. The minimum absolute atomic E-state index is 0.0159. The lowest BCUT2D eigenvalue weighted by Crippen LogP contribution is -2.49. The molecule has 2 N–H and O–H groups in total. The Labute approximate surface area is 242 Å². The number of benzene rings is 2. The standard InChI is InChI=1S/C30H33F3N6O3/c1-42-24-6-8-27-20(15-24)9-14-39(29(41)37-27)23-10-12-38(13-11-23)28-16-22(35-18-36-28)5-7-25-21(17-34-19-40)3-2-4-26(25)30(31,32)33/h2-4,6,8,15-16,18-19,23H,5,7,9-14,17H2,1H3,(H,34,40)(H,37,41). The molecule has 0 unspecified atom stereocenters. The molecule has 0 bridgehead atoms. The number of methoxy groups -OCH3 is 1. The summed E-state index contributed by atoms with van der Waals surface area (Å²) in [6.45, 7) is 1.99. The zero-order chi connectivity index (χ0) is 29.7. The Bertz CT molecular complexity index is 1430. The summed E-state index contributed by atoms with van der Waals surface area (Å²) in [6, 6.07) is 11.5. The minimum Gasteiger partial charge on any atom is -0.497 e. The molecule has 222 valence electrons. The second-order valence-corrected chi connectivity index (χ2v) is 10.4. The normalized spacial score (nSPS) is 16.0. The van der Waals surface area contributed by atoms with Crippen molar-refractivity contribution in [2.45, 2.75) is 50.9 Å². The summed E-state index contributed by atoms with van der Waals surface area (Å²) in [5.41, 5.74) is 2.35. The average molecular weight is 583 g/mol. The maximum absolute atomic E-state index is 13.7. The molecule has 3 aromatic rings. The van der Waals surface area contributed by atoms with Crippen molar-refractivity contribution in [3.05, 3.63) is 76.7 Å². The fourth-order valence-electron chi connectivity index (χ4n) is 5.77. The lowest BCUT2D eigenvalue weighted by Gasteiger charge is -2.38. The van der Waals surface area contributed by atoms with Crippen molar-refractivity contribution in [3.8, 4) is 5.75 Å². The van der Waals surface area contributed by atoms with E-state index in [0.29, 0.717) is 43.1 Å². The fraction of sp³-hybridized carbons (Fsp3) is 0.400. The Morgan fingerprint density at radius 2 is 1.90 bits per heavy atom. The largest absolute Gasteiger partial charge is 0.497 e. The van der Waals surface area contributed by atoms with E-state index in [1.54, 1.807) is 13.2 Å². The van der Waals surface area contributed by atoms with Gasteiger partial charge in [-0.2, -0.15) is 13.2 Å². The summed E-state index contributed by atoms with van der Waals surface area (Å²) in [6.07, 6.45) is 0.0547. The monoisotopic (exact) mass is 582 g/mol. The first-order valence-corrected chi connectivity index (χ1v) is 13.9. The highest BCUT2D eigenvalue weighted by molar-refractivity contribution is 5.91. The number of fused-ring (bicyclic) bond motifs is 1. The molecule has 12 heteroatoms. The van der Waals surface area contributed by atoms with Crippen LogP contribution in [-0.2, 0) is 36.8 Å². The average Bonchev–Trinajstić information content (AvgIpc) is 3.16. The third-order valence-corrected chi connectivity index (χ3v) is 7.96. The summed E-state index contributed by atoms with van der Waals surface area (Å²) in [5, 5.41) is 5.50. The van der Waals surface area contributed by atoms with Gasteiger partial charge in [0.2, 0.25) is 6.41 Å². The molecule has 5 rings (SSSR count). The first-order valence-electron chi connectivity index (χ1n) is 13.9. The number of halogens is 3. The van der Waals surface area contributed by atoms with Gasteiger partial charge in [0.15, 0.2) is 0 Å². The van der Waals surface area contributed by atoms with Crippen LogP contribution in [0.3, 0.4) is 0 Å². The van der Waals surface area contributed by atoms with Crippen LogP contribution in [0.2, 0.25) is 0 Å². The molecule has 0 aliphatic carbocycles. The van der Waals surface area contributed by atoms with E-state index >= 15 is 0 Å². The van der Waals surface area contributed by atoms with E-state index in [1.165, 1.54) is 12.4 Å². The van der Waals surface area contributed by atoms with Crippen LogP contribution in [0.25, 0.3) is 0 Å². The number of anilines is 2. The van der Waals surface area contributed by atoms with E-state index in [2.05, 4.69) is 25.5 Å². The molecular weight excluding hydrogens is 549 g/mol. The highest BCUT2D eigenvalue weighted by Crippen LogP contribution is 2.34. The number of nitrogens with zero attached hydrogens (tertiary/aromatic N) is 4. The topological polar surface area (TPSA) is 99.7 Å². The van der Waals surface area contributed by atoms with Gasteiger partial charge in [0.25, 0.3) is 0 Å². The second-order valence-electron chi connectivity index (χ2n) is 10.4. The second kappa shape index (κ2) is 12.7. The number of piperidine rings is 1. The van der Waals surface area contributed by atoms with Crippen LogP contribution in [0.1, 0.15) is 40.8 Å². The van der Waals surface area contributed by atoms with Crippen molar-refractivity contribution in [2.24, 2.45) is 0 Å². The number of nitrogens with one attached hydrogen (secondary N) is 2.